The van der Waals surface area contributed by atoms with E-state index in [-0.39, 0.29) is 16.7 Å². The molecule has 1 aliphatic rings. The topological polar surface area (TPSA) is 60.9 Å². The number of likely N-dealkylation sites (tertiary alicyclic amines) is 1. The van der Waals surface area contributed by atoms with Crippen LogP contribution in [0, 0.1) is 0 Å². The SMILES string of the molecule is CN(C)CCN1C(=O)C(=O)/C(=C(\O)c2ccc(Br)cc2)C1c1ccc(C(C)(C)C)cc1. The number of halogens is 1. The summed E-state index contributed by atoms with van der Waals surface area (Å²) in [4.78, 5) is 29.5. The van der Waals surface area contributed by atoms with Gasteiger partial charge in [-0.1, -0.05) is 73.1 Å². The molecule has 5 nitrogen and oxygen atoms in total. The van der Waals surface area contributed by atoms with Crippen molar-refractivity contribution in [1.82, 2.24) is 9.80 Å². The van der Waals surface area contributed by atoms with Crippen molar-refractivity contribution >= 4 is 33.4 Å². The fraction of sp³-hybridized carbons (Fsp3) is 0.360. The second-order valence-electron chi connectivity index (χ2n) is 9.17. The van der Waals surface area contributed by atoms with Crippen LogP contribution in [0.15, 0.2) is 58.6 Å². The second kappa shape index (κ2) is 8.97. The van der Waals surface area contributed by atoms with Crippen molar-refractivity contribution in [1.29, 1.82) is 0 Å². The molecule has 31 heavy (non-hydrogen) atoms. The summed E-state index contributed by atoms with van der Waals surface area (Å²) in [6, 6.07) is 14.4. The highest BCUT2D eigenvalue weighted by Gasteiger charge is 2.45. The molecular weight excluding hydrogens is 456 g/mol. The molecule has 0 bridgehead atoms. The summed E-state index contributed by atoms with van der Waals surface area (Å²) in [6.07, 6.45) is 0. The third-order valence-corrected chi connectivity index (χ3v) is 6.07. The lowest BCUT2D eigenvalue weighted by molar-refractivity contribution is -0.140. The Morgan fingerprint density at radius 3 is 2.13 bits per heavy atom. The molecular formula is C25H29BrN2O3. The number of hydrogen-bond acceptors (Lipinski definition) is 4. The van der Waals surface area contributed by atoms with Crippen molar-refractivity contribution in [3.8, 4) is 0 Å². The summed E-state index contributed by atoms with van der Waals surface area (Å²) in [5, 5.41) is 11.1. The summed E-state index contributed by atoms with van der Waals surface area (Å²) < 4.78 is 0.866. The van der Waals surface area contributed by atoms with Gasteiger partial charge < -0.3 is 14.9 Å². The maximum absolute atomic E-state index is 13.0. The molecule has 164 valence electrons. The second-order valence-corrected chi connectivity index (χ2v) is 10.1. The van der Waals surface area contributed by atoms with E-state index < -0.39 is 17.7 Å². The van der Waals surface area contributed by atoms with Crippen LogP contribution < -0.4 is 0 Å². The Bertz CT molecular complexity index is 1000. The van der Waals surface area contributed by atoms with Crippen molar-refractivity contribution in [2.75, 3.05) is 27.2 Å². The number of aliphatic hydroxyl groups is 1. The summed E-state index contributed by atoms with van der Waals surface area (Å²) in [5.41, 5.74) is 2.60. The predicted octanol–water partition coefficient (Wildman–Crippen LogP) is 4.73. The van der Waals surface area contributed by atoms with Crippen LogP contribution in [0.25, 0.3) is 5.76 Å². The maximum atomic E-state index is 13.0. The monoisotopic (exact) mass is 484 g/mol. The molecule has 1 atom stereocenters. The number of hydrogen-bond donors (Lipinski definition) is 1. The molecule has 3 rings (SSSR count). The molecule has 1 unspecified atom stereocenters. The summed E-state index contributed by atoms with van der Waals surface area (Å²) in [5.74, 6) is -1.38. The number of Topliss-reactive ketones (excluding diaryl/α,β-unsaturated/α-hetero) is 1. The molecule has 1 fully saturated rings. The number of rotatable bonds is 5. The zero-order chi connectivity index (χ0) is 22.9. The minimum absolute atomic E-state index is 0.0112. The summed E-state index contributed by atoms with van der Waals surface area (Å²) >= 11 is 3.38. The molecule has 6 heteroatoms. The zero-order valence-electron chi connectivity index (χ0n) is 18.6. The van der Waals surface area contributed by atoms with E-state index in [4.69, 9.17) is 0 Å². The lowest BCUT2D eigenvalue weighted by Crippen LogP contribution is -2.35. The molecule has 0 saturated carbocycles. The van der Waals surface area contributed by atoms with Crippen LogP contribution in [0.3, 0.4) is 0 Å². The van der Waals surface area contributed by atoms with E-state index in [2.05, 4.69) is 36.7 Å². The van der Waals surface area contributed by atoms with Crippen molar-refractivity contribution < 1.29 is 14.7 Å². The molecule has 2 aromatic carbocycles. The molecule has 0 aromatic heterocycles. The van der Waals surface area contributed by atoms with E-state index in [1.54, 1.807) is 29.2 Å². The van der Waals surface area contributed by atoms with Gasteiger partial charge >= 0.3 is 0 Å². The molecule has 0 aliphatic carbocycles. The number of carbonyl (C=O) groups excluding carboxylic acids is 2. The van der Waals surface area contributed by atoms with Gasteiger partial charge in [0.2, 0.25) is 0 Å². The van der Waals surface area contributed by atoms with Crippen LogP contribution in [0.5, 0.6) is 0 Å². The number of ketones is 1. The first kappa shape index (κ1) is 23.2. The Morgan fingerprint density at radius 1 is 1.03 bits per heavy atom. The first-order valence-corrected chi connectivity index (χ1v) is 11.1. The summed E-state index contributed by atoms with van der Waals surface area (Å²) in [6.45, 7) is 7.42. The molecule has 2 aromatic rings. The number of benzene rings is 2. The Labute approximate surface area is 192 Å². The van der Waals surface area contributed by atoms with E-state index in [0.717, 1.165) is 15.6 Å². The van der Waals surface area contributed by atoms with Gasteiger partial charge in [-0.25, -0.2) is 0 Å². The van der Waals surface area contributed by atoms with Crippen LogP contribution in [0.2, 0.25) is 0 Å². The van der Waals surface area contributed by atoms with E-state index in [0.29, 0.717) is 18.7 Å². The number of likely N-dealkylation sites (N-methyl/N-ethyl adjacent to an activating group) is 1. The standard InChI is InChI=1S/C25H29BrN2O3/c1-25(2,3)18-10-6-16(7-11-18)21-20(22(29)17-8-12-19(26)13-9-17)23(30)24(31)28(21)15-14-27(4)5/h6-13,21,29H,14-15H2,1-5H3/b22-20-. The highest BCUT2D eigenvalue weighted by molar-refractivity contribution is 9.10. The lowest BCUT2D eigenvalue weighted by Gasteiger charge is -2.27. The Morgan fingerprint density at radius 2 is 1.61 bits per heavy atom. The summed E-state index contributed by atoms with van der Waals surface area (Å²) in [7, 11) is 3.84. The van der Waals surface area contributed by atoms with Crippen LogP contribution >= 0.6 is 15.9 Å². The third kappa shape index (κ3) is 4.91. The molecule has 1 amide bonds. The number of amides is 1. The highest BCUT2D eigenvalue weighted by Crippen LogP contribution is 2.40. The Hall–Kier alpha value is -2.44. The van der Waals surface area contributed by atoms with Gasteiger partial charge in [-0.3, -0.25) is 9.59 Å². The minimum Gasteiger partial charge on any atom is -0.507 e. The van der Waals surface area contributed by atoms with Gasteiger partial charge in [-0.2, -0.15) is 0 Å². The average Bonchev–Trinajstić information content (AvgIpc) is 2.96. The molecule has 1 N–H and O–H groups in total. The van der Waals surface area contributed by atoms with Crippen molar-refractivity contribution in [2.24, 2.45) is 0 Å². The first-order chi connectivity index (χ1) is 14.5. The average molecular weight is 485 g/mol. The van der Waals surface area contributed by atoms with Gasteiger partial charge in [0, 0.05) is 23.1 Å². The number of aliphatic hydroxyl groups excluding tert-OH is 1. The van der Waals surface area contributed by atoms with E-state index >= 15 is 0 Å². The Kier molecular flexibility index (Phi) is 6.72. The predicted molar refractivity (Wildman–Crippen MR) is 127 cm³/mol. The fourth-order valence-corrected chi connectivity index (χ4v) is 3.96. The largest absolute Gasteiger partial charge is 0.507 e. The van der Waals surface area contributed by atoms with Crippen molar-refractivity contribution in [3.63, 3.8) is 0 Å². The van der Waals surface area contributed by atoms with Crippen LogP contribution in [0.1, 0.15) is 43.5 Å². The van der Waals surface area contributed by atoms with E-state index in [1.807, 2.05) is 43.3 Å². The van der Waals surface area contributed by atoms with Crippen molar-refractivity contribution in [2.45, 2.75) is 32.2 Å². The van der Waals surface area contributed by atoms with Crippen LogP contribution in [-0.2, 0) is 15.0 Å². The minimum atomic E-state index is -0.649. The van der Waals surface area contributed by atoms with Gasteiger partial charge in [0.05, 0.1) is 11.6 Å². The molecule has 1 saturated heterocycles. The molecule has 1 aliphatic heterocycles. The van der Waals surface area contributed by atoms with Gasteiger partial charge in [0.1, 0.15) is 5.76 Å². The van der Waals surface area contributed by atoms with Gasteiger partial charge in [0.15, 0.2) is 0 Å². The highest BCUT2D eigenvalue weighted by atomic mass is 79.9. The molecule has 0 radical (unpaired) electrons. The Balaban J connectivity index is 2.13. The zero-order valence-corrected chi connectivity index (χ0v) is 20.2. The number of nitrogens with zero attached hydrogens (tertiary/aromatic N) is 2. The fourth-order valence-electron chi connectivity index (χ4n) is 3.69. The smallest absolute Gasteiger partial charge is 0.295 e. The van der Waals surface area contributed by atoms with E-state index in [9.17, 15) is 14.7 Å². The lowest BCUT2D eigenvalue weighted by atomic mass is 9.85. The maximum Gasteiger partial charge on any atom is 0.295 e. The third-order valence-electron chi connectivity index (χ3n) is 5.54. The molecule has 1 heterocycles. The number of carbonyl (C=O) groups is 2. The van der Waals surface area contributed by atoms with Crippen LogP contribution in [-0.4, -0.2) is 53.8 Å². The van der Waals surface area contributed by atoms with Crippen molar-refractivity contribution in [3.05, 3.63) is 75.3 Å². The first-order valence-electron chi connectivity index (χ1n) is 10.3. The van der Waals surface area contributed by atoms with Gasteiger partial charge in [-0.05, 0) is 42.8 Å². The molecule has 0 spiro atoms. The van der Waals surface area contributed by atoms with Crippen LogP contribution in [0.4, 0.5) is 0 Å². The van der Waals surface area contributed by atoms with Gasteiger partial charge in [0.25, 0.3) is 11.7 Å². The van der Waals surface area contributed by atoms with Gasteiger partial charge in [-0.15, -0.1) is 0 Å². The quantitative estimate of drug-likeness (QED) is 0.378. The normalized spacial score (nSPS) is 18.8. The van der Waals surface area contributed by atoms with E-state index in [1.165, 1.54) is 0 Å².